The number of ether oxygens (including phenoxy) is 1. The highest BCUT2D eigenvalue weighted by atomic mass is 35.5. The molecular formula is C30H25ClN2O6. The standard InChI is InChI=1S/C30H25ClN2O6/c31-25-13-7-6-12-24(25)27(35)32(33-28(36)22-10-4-5-11-23(22)29(33)37)18-26(34)19-14-16-21(17-15-19)39-30(38)20-8-2-1-3-9-20/h1-3,6-9,12-17,22-23H,4-5,10-11,18H2/t22-,23-/m0/s1. The number of fused-ring (bicyclic) bond motifs is 1. The summed E-state index contributed by atoms with van der Waals surface area (Å²) in [6.07, 6.45) is 2.78. The molecule has 1 aliphatic carbocycles. The maximum atomic E-state index is 13.6. The zero-order chi connectivity index (χ0) is 27.5. The van der Waals surface area contributed by atoms with Crippen LogP contribution in [0.5, 0.6) is 5.75 Å². The van der Waals surface area contributed by atoms with Crippen LogP contribution >= 0.6 is 11.6 Å². The van der Waals surface area contributed by atoms with Gasteiger partial charge in [0.15, 0.2) is 5.78 Å². The molecule has 1 aliphatic heterocycles. The number of benzene rings is 3. The minimum atomic E-state index is -0.720. The van der Waals surface area contributed by atoms with Crippen LogP contribution in [0.15, 0.2) is 78.9 Å². The maximum Gasteiger partial charge on any atom is 0.343 e. The van der Waals surface area contributed by atoms with Gasteiger partial charge in [-0.05, 0) is 61.4 Å². The Kier molecular flexibility index (Phi) is 7.56. The fraction of sp³-hybridized carbons (Fsp3) is 0.233. The summed E-state index contributed by atoms with van der Waals surface area (Å²) in [5.41, 5.74) is 0.667. The lowest BCUT2D eigenvalue weighted by atomic mass is 9.81. The lowest BCUT2D eigenvalue weighted by Crippen LogP contribution is -2.52. The molecule has 0 spiro atoms. The predicted molar refractivity (Wildman–Crippen MR) is 142 cm³/mol. The Morgan fingerprint density at radius 3 is 2.00 bits per heavy atom. The second-order valence-corrected chi connectivity index (χ2v) is 9.94. The van der Waals surface area contributed by atoms with Crippen LogP contribution in [0.4, 0.5) is 0 Å². The summed E-state index contributed by atoms with van der Waals surface area (Å²) in [4.78, 5) is 65.9. The average molecular weight is 545 g/mol. The number of amides is 3. The summed E-state index contributed by atoms with van der Waals surface area (Å²) in [5, 5.41) is 1.90. The average Bonchev–Trinajstić information content (AvgIpc) is 3.21. The monoisotopic (exact) mass is 544 g/mol. The minimum absolute atomic E-state index is 0.0746. The molecule has 3 aromatic rings. The number of hydrogen-bond acceptors (Lipinski definition) is 6. The normalized spacial score (nSPS) is 18.4. The van der Waals surface area contributed by atoms with Crippen molar-refractivity contribution in [2.45, 2.75) is 25.7 Å². The molecule has 8 nitrogen and oxygen atoms in total. The fourth-order valence-electron chi connectivity index (χ4n) is 5.07. The van der Waals surface area contributed by atoms with Crippen LogP contribution in [0, 0.1) is 11.8 Å². The SMILES string of the molecule is O=C(CN(C(=O)c1ccccc1Cl)N1C(=O)[C@H]2CCCC[C@@H]2C1=O)c1ccc(OC(=O)c2ccccc2)cc1. The molecule has 2 aliphatic rings. The third kappa shape index (κ3) is 5.33. The first-order valence-electron chi connectivity index (χ1n) is 12.7. The molecule has 39 heavy (non-hydrogen) atoms. The summed E-state index contributed by atoms with van der Waals surface area (Å²) in [6, 6.07) is 20.6. The van der Waals surface area contributed by atoms with E-state index in [1.807, 2.05) is 0 Å². The van der Waals surface area contributed by atoms with Gasteiger partial charge in [0.25, 0.3) is 17.7 Å². The number of Topliss-reactive ketones (excluding diaryl/α,β-unsaturated/α-hetero) is 1. The molecule has 9 heteroatoms. The van der Waals surface area contributed by atoms with E-state index in [1.165, 1.54) is 36.4 Å². The molecule has 5 rings (SSSR count). The first-order valence-corrected chi connectivity index (χ1v) is 13.1. The van der Waals surface area contributed by atoms with Gasteiger partial charge in [-0.1, -0.05) is 54.8 Å². The van der Waals surface area contributed by atoms with Crippen LogP contribution < -0.4 is 4.74 Å². The Bertz CT molecular complexity index is 1420. The van der Waals surface area contributed by atoms with E-state index in [0.717, 1.165) is 22.9 Å². The van der Waals surface area contributed by atoms with Crippen molar-refractivity contribution >= 4 is 41.1 Å². The van der Waals surface area contributed by atoms with E-state index in [2.05, 4.69) is 0 Å². The van der Waals surface area contributed by atoms with Gasteiger partial charge in [0.2, 0.25) is 0 Å². The third-order valence-corrected chi connectivity index (χ3v) is 7.42. The number of hydrazine groups is 1. The summed E-state index contributed by atoms with van der Waals surface area (Å²) in [7, 11) is 0. The van der Waals surface area contributed by atoms with Crippen molar-refractivity contribution in [1.29, 1.82) is 0 Å². The van der Waals surface area contributed by atoms with Crippen LogP contribution in [-0.4, -0.2) is 46.0 Å². The van der Waals surface area contributed by atoms with Crippen molar-refractivity contribution in [3.8, 4) is 5.75 Å². The van der Waals surface area contributed by atoms with Crippen LogP contribution in [0.25, 0.3) is 0 Å². The Morgan fingerprint density at radius 2 is 1.38 bits per heavy atom. The maximum absolute atomic E-state index is 13.6. The van der Waals surface area contributed by atoms with Crippen LogP contribution in [-0.2, 0) is 9.59 Å². The van der Waals surface area contributed by atoms with Crippen LogP contribution in [0.3, 0.4) is 0 Å². The van der Waals surface area contributed by atoms with Crippen molar-refractivity contribution in [3.63, 3.8) is 0 Å². The number of halogens is 1. The van der Waals surface area contributed by atoms with Crippen molar-refractivity contribution in [2.24, 2.45) is 11.8 Å². The van der Waals surface area contributed by atoms with Gasteiger partial charge in [0, 0.05) is 5.56 Å². The second-order valence-electron chi connectivity index (χ2n) is 9.53. The first kappa shape index (κ1) is 26.3. The van der Waals surface area contributed by atoms with Gasteiger partial charge in [-0.25, -0.2) is 9.80 Å². The van der Waals surface area contributed by atoms with E-state index >= 15 is 0 Å². The molecule has 1 heterocycles. The fourth-order valence-corrected chi connectivity index (χ4v) is 5.28. The van der Waals surface area contributed by atoms with E-state index in [4.69, 9.17) is 16.3 Å². The number of imide groups is 1. The predicted octanol–water partition coefficient (Wildman–Crippen LogP) is 4.97. The molecule has 0 N–H and O–H groups in total. The smallest absolute Gasteiger partial charge is 0.343 e. The van der Waals surface area contributed by atoms with Crippen molar-refractivity contribution in [3.05, 3.63) is 101 Å². The highest BCUT2D eigenvalue weighted by molar-refractivity contribution is 6.34. The molecule has 0 unspecified atom stereocenters. The molecule has 3 aromatic carbocycles. The molecule has 198 valence electrons. The number of esters is 1. The third-order valence-electron chi connectivity index (χ3n) is 7.09. The zero-order valence-corrected chi connectivity index (χ0v) is 21.7. The zero-order valence-electron chi connectivity index (χ0n) is 20.9. The lowest BCUT2D eigenvalue weighted by Gasteiger charge is -2.30. The highest BCUT2D eigenvalue weighted by Gasteiger charge is 2.52. The van der Waals surface area contributed by atoms with Crippen LogP contribution in [0.2, 0.25) is 5.02 Å². The summed E-state index contributed by atoms with van der Waals surface area (Å²) >= 11 is 6.26. The number of rotatable bonds is 7. The number of ketones is 1. The molecule has 0 radical (unpaired) electrons. The van der Waals surface area contributed by atoms with Gasteiger partial charge in [-0.15, -0.1) is 0 Å². The number of carbonyl (C=O) groups excluding carboxylic acids is 5. The molecule has 0 aromatic heterocycles. The van der Waals surface area contributed by atoms with E-state index in [1.54, 1.807) is 42.5 Å². The van der Waals surface area contributed by atoms with Gasteiger partial charge in [-0.3, -0.25) is 19.2 Å². The van der Waals surface area contributed by atoms with E-state index in [0.29, 0.717) is 18.4 Å². The van der Waals surface area contributed by atoms with Crippen molar-refractivity contribution in [1.82, 2.24) is 10.0 Å². The lowest BCUT2D eigenvalue weighted by molar-refractivity contribution is -0.154. The summed E-state index contributed by atoms with van der Waals surface area (Å²) < 4.78 is 5.36. The molecule has 1 saturated carbocycles. The Balaban J connectivity index is 1.38. The van der Waals surface area contributed by atoms with Gasteiger partial charge >= 0.3 is 5.97 Å². The topological polar surface area (TPSA) is 101 Å². The van der Waals surface area contributed by atoms with E-state index < -0.39 is 47.9 Å². The second kappa shape index (κ2) is 11.2. The molecular weight excluding hydrogens is 520 g/mol. The first-order chi connectivity index (χ1) is 18.8. The molecule has 0 bridgehead atoms. The van der Waals surface area contributed by atoms with E-state index in [-0.39, 0.29) is 21.9 Å². The molecule has 3 amide bonds. The quantitative estimate of drug-likeness (QED) is 0.180. The number of hydrogen-bond donors (Lipinski definition) is 0. The minimum Gasteiger partial charge on any atom is -0.423 e. The number of carbonyl (C=O) groups is 5. The Hall–Kier alpha value is -4.30. The van der Waals surface area contributed by atoms with Gasteiger partial charge in [-0.2, -0.15) is 5.01 Å². The molecule has 1 saturated heterocycles. The Labute approximate surface area is 230 Å². The van der Waals surface area contributed by atoms with Crippen molar-refractivity contribution < 1.29 is 28.7 Å². The summed E-state index contributed by atoms with van der Waals surface area (Å²) in [5.74, 6) is -3.48. The molecule has 2 atom stereocenters. The van der Waals surface area contributed by atoms with Gasteiger partial charge < -0.3 is 4.74 Å². The van der Waals surface area contributed by atoms with E-state index in [9.17, 15) is 24.0 Å². The molecule has 2 fully saturated rings. The van der Waals surface area contributed by atoms with Gasteiger partial charge in [0.1, 0.15) is 12.3 Å². The summed E-state index contributed by atoms with van der Waals surface area (Å²) in [6.45, 7) is -0.551. The van der Waals surface area contributed by atoms with Crippen molar-refractivity contribution in [2.75, 3.05) is 6.54 Å². The van der Waals surface area contributed by atoms with Crippen LogP contribution in [0.1, 0.15) is 56.8 Å². The Morgan fingerprint density at radius 1 is 0.795 bits per heavy atom. The van der Waals surface area contributed by atoms with Gasteiger partial charge in [0.05, 0.1) is 28.0 Å². The number of nitrogens with zero attached hydrogens (tertiary/aromatic N) is 2. The highest BCUT2D eigenvalue weighted by Crippen LogP contribution is 2.39. The largest absolute Gasteiger partial charge is 0.423 e.